The molecule has 21 heavy (non-hydrogen) atoms. The maximum atomic E-state index is 12.0. The molecule has 1 amide bonds. The fraction of sp³-hybridized carbons (Fsp3) is 0.529. The van der Waals surface area contributed by atoms with E-state index in [2.05, 4.69) is 5.32 Å². The van der Waals surface area contributed by atoms with Crippen LogP contribution < -0.4 is 5.32 Å². The molecule has 4 nitrogen and oxygen atoms in total. The van der Waals surface area contributed by atoms with Crippen molar-refractivity contribution in [2.75, 3.05) is 0 Å². The number of alkyl carbamates (subject to hydrolysis) is 1. The van der Waals surface area contributed by atoms with Crippen LogP contribution >= 0.6 is 0 Å². The number of carbonyl (C=O) groups is 2. The predicted octanol–water partition coefficient (Wildman–Crippen LogP) is 3.87. The lowest BCUT2D eigenvalue weighted by Gasteiger charge is -2.23. The Morgan fingerprint density at radius 3 is 2.29 bits per heavy atom. The van der Waals surface area contributed by atoms with E-state index < -0.39 is 6.09 Å². The van der Waals surface area contributed by atoms with Gasteiger partial charge in [0.15, 0.2) is 0 Å². The average Bonchev–Trinajstić information content (AvgIpc) is 2.51. The number of benzene rings is 1. The maximum absolute atomic E-state index is 12.0. The van der Waals surface area contributed by atoms with Gasteiger partial charge in [0.1, 0.15) is 11.9 Å². The number of hydrogen-bond acceptors (Lipinski definition) is 3. The highest BCUT2D eigenvalue weighted by atomic mass is 16.6. The summed E-state index contributed by atoms with van der Waals surface area (Å²) in [5.41, 5.74) is 1.01. The molecule has 0 aromatic heterocycles. The summed E-state index contributed by atoms with van der Waals surface area (Å²) >= 11 is 0. The second kappa shape index (κ2) is 8.45. The normalized spacial score (nSPS) is 14.9. The van der Waals surface area contributed by atoms with Gasteiger partial charge in [0.2, 0.25) is 0 Å². The van der Waals surface area contributed by atoms with E-state index in [0.717, 1.165) is 5.56 Å². The van der Waals surface area contributed by atoms with E-state index in [9.17, 15) is 9.59 Å². The molecule has 0 radical (unpaired) electrons. The number of hydrogen-bond donors (Lipinski definition) is 1. The summed E-state index contributed by atoms with van der Waals surface area (Å²) in [7, 11) is 0. The molecule has 0 aliphatic heterocycles. The van der Waals surface area contributed by atoms with E-state index in [1.165, 1.54) is 0 Å². The zero-order valence-electron chi connectivity index (χ0n) is 13.3. The first-order valence-electron chi connectivity index (χ1n) is 7.54. The molecule has 116 valence electrons. The van der Waals surface area contributed by atoms with Crippen molar-refractivity contribution < 1.29 is 14.3 Å². The van der Waals surface area contributed by atoms with E-state index in [-0.39, 0.29) is 23.8 Å². The van der Waals surface area contributed by atoms with E-state index in [1.54, 1.807) is 0 Å². The van der Waals surface area contributed by atoms with E-state index in [0.29, 0.717) is 12.8 Å². The van der Waals surface area contributed by atoms with Gasteiger partial charge in [-0.3, -0.25) is 4.79 Å². The third-order valence-corrected chi connectivity index (χ3v) is 3.71. The molecule has 0 saturated heterocycles. The molecule has 0 saturated carbocycles. The van der Waals surface area contributed by atoms with E-state index >= 15 is 0 Å². The van der Waals surface area contributed by atoms with Crippen molar-refractivity contribution in [3.63, 3.8) is 0 Å². The molecular weight excluding hydrogens is 266 g/mol. The van der Waals surface area contributed by atoms with Crippen molar-refractivity contribution in [3.05, 3.63) is 35.9 Å². The number of ketones is 1. The molecule has 0 heterocycles. The molecule has 0 aliphatic carbocycles. The number of nitrogens with one attached hydrogen (secondary N) is 1. The zero-order chi connectivity index (χ0) is 15.8. The van der Waals surface area contributed by atoms with Crippen molar-refractivity contribution in [2.24, 2.45) is 5.92 Å². The van der Waals surface area contributed by atoms with Crippen molar-refractivity contribution in [1.82, 2.24) is 5.32 Å². The monoisotopic (exact) mass is 291 g/mol. The molecule has 0 bridgehead atoms. The standard InChI is InChI=1S/C17H25NO3/c1-5-15(19)12(3)16(6-2)21-17(20)18-13(4)14-10-8-7-9-11-14/h7-13,16H,5-6H2,1-4H3,(H,18,20)/t12-,13-,16+/m0/s1. The second-order valence-corrected chi connectivity index (χ2v) is 5.24. The number of carbonyl (C=O) groups excluding carboxylic acids is 2. The van der Waals surface area contributed by atoms with Crippen LogP contribution in [0, 0.1) is 5.92 Å². The van der Waals surface area contributed by atoms with Gasteiger partial charge in [-0.05, 0) is 18.9 Å². The first-order chi connectivity index (χ1) is 9.99. The van der Waals surface area contributed by atoms with Gasteiger partial charge in [0, 0.05) is 6.42 Å². The third-order valence-electron chi connectivity index (χ3n) is 3.71. The number of rotatable bonds is 7. The summed E-state index contributed by atoms with van der Waals surface area (Å²) in [6, 6.07) is 9.55. The molecule has 0 aliphatic rings. The van der Waals surface area contributed by atoms with Crippen molar-refractivity contribution in [1.29, 1.82) is 0 Å². The first-order valence-corrected chi connectivity index (χ1v) is 7.54. The van der Waals surface area contributed by atoms with Crippen LogP contribution in [0.25, 0.3) is 0 Å². The van der Waals surface area contributed by atoms with Crippen LogP contribution in [0.15, 0.2) is 30.3 Å². The van der Waals surface area contributed by atoms with Crippen LogP contribution in [-0.4, -0.2) is 18.0 Å². The van der Waals surface area contributed by atoms with E-state index in [1.807, 2.05) is 58.0 Å². The summed E-state index contributed by atoms with van der Waals surface area (Å²) in [5, 5.41) is 2.80. The van der Waals surface area contributed by atoms with Crippen LogP contribution in [0.2, 0.25) is 0 Å². The van der Waals surface area contributed by atoms with Gasteiger partial charge in [-0.2, -0.15) is 0 Å². The molecule has 0 spiro atoms. The Morgan fingerprint density at radius 1 is 1.14 bits per heavy atom. The highest BCUT2D eigenvalue weighted by Crippen LogP contribution is 2.16. The van der Waals surface area contributed by atoms with Crippen LogP contribution in [-0.2, 0) is 9.53 Å². The maximum Gasteiger partial charge on any atom is 0.407 e. The minimum atomic E-state index is -0.478. The average molecular weight is 291 g/mol. The molecule has 1 aromatic carbocycles. The third kappa shape index (κ3) is 5.21. The molecule has 3 atom stereocenters. The van der Waals surface area contributed by atoms with Crippen LogP contribution in [0.3, 0.4) is 0 Å². The minimum Gasteiger partial charge on any atom is -0.445 e. The van der Waals surface area contributed by atoms with Crippen molar-refractivity contribution >= 4 is 11.9 Å². The highest BCUT2D eigenvalue weighted by molar-refractivity contribution is 5.81. The van der Waals surface area contributed by atoms with Gasteiger partial charge in [0.25, 0.3) is 0 Å². The zero-order valence-corrected chi connectivity index (χ0v) is 13.3. The lowest BCUT2D eigenvalue weighted by atomic mass is 9.96. The molecule has 1 N–H and O–H groups in total. The molecule has 4 heteroatoms. The predicted molar refractivity (Wildman–Crippen MR) is 83.0 cm³/mol. The lowest BCUT2D eigenvalue weighted by molar-refractivity contribution is -0.125. The smallest absolute Gasteiger partial charge is 0.407 e. The van der Waals surface area contributed by atoms with E-state index in [4.69, 9.17) is 4.74 Å². The SMILES string of the molecule is CCC(=O)[C@H](C)[C@@H](CC)OC(=O)N[C@@H](C)c1ccccc1. The lowest BCUT2D eigenvalue weighted by Crippen LogP contribution is -2.35. The van der Waals surface area contributed by atoms with Crippen LogP contribution in [0.1, 0.15) is 52.1 Å². The largest absolute Gasteiger partial charge is 0.445 e. The number of Topliss-reactive ketones (excluding diaryl/α,β-unsaturated/α-hetero) is 1. The Balaban J connectivity index is 2.57. The molecular formula is C17H25NO3. The topological polar surface area (TPSA) is 55.4 Å². The van der Waals surface area contributed by atoms with Crippen LogP contribution in [0.4, 0.5) is 4.79 Å². The summed E-state index contributed by atoms with van der Waals surface area (Å²) in [6.45, 7) is 7.45. The minimum absolute atomic E-state index is 0.116. The van der Waals surface area contributed by atoms with Gasteiger partial charge in [-0.1, -0.05) is 51.1 Å². The summed E-state index contributed by atoms with van der Waals surface area (Å²) in [6.07, 6.45) is 0.234. The van der Waals surface area contributed by atoms with Gasteiger partial charge >= 0.3 is 6.09 Å². The van der Waals surface area contributed by atoms with Gasteiger partial charge in [-0.15, -0.1) is 0 Å². The highest BCUT2D eigenvalue weighted by Gasteiger charge is 2.25. The molecule has 1 rings (SSSR count). The Kier molecular flexibility index (Phi) is 6.92. The summed E-state index contributed by atoms with van der Waals surface area (Å²) in [5.74, 6) is -0.150. The molecule has 0 fully saturated rings. The Labute approximate surface area is 126 Å². The quantitative estimate of drug-likeness (QED) is 0.829. The van der Waals surface area contributed by atoms with Gasteiger partial charge in [0.05, 0.1) is 12.0 Å². The van der Waals surface area contributed by atoms with Crippen molar-refractivity contribution in [2.45, 2.75) is 52.7 Å². The Morgan fingerprint density at radius 2 is 1.76 bits per heavy atom. The Bertz CT molecular complexity index is 458. The number of ether oxygens (including phenoxy) is 1. The molecule has 1 aromatic rings. The Hall–Kier alpha value is -1.84. The first kappa shape index (κ1) is 17.2. The summed E-state index contributed by atoms with van der Waals surface area (Å²) < 4.78 is 5.41. The van der Waals surface area contributed by atoms with Gasteiger partial charge < -0.3 is 10.1 Å². The van der Waals surface area contributed by atoms with Crippen LogP contribution in [0.5, 0.6) is 0 Å². The fourth-order valence-corrected chi connectivity index (χ4v) is 2.24. The summed E-state index contributed by atoms with van der Waals surface area (Å²) in [4.78, 5) is 23.7. The number of amides is 1. The molecule has 0 unspecified atom stereocenters. The van der Waals surface area contributed by atoms with Crippen molar-refractivity contribution in [3.8, 4) is 0 Å². The second-order valence-electron chi connectivity index (χ2n) is 5.24. The fourth-order valence-electron chi connectivity index (χ4n) is 2.24. The van der Waals surface area contributed by atoms with Gasteiger partial charge in [-0.25, -0.2) is 4.79 Å².